The van der Waals surface area contributed by atoms with Gasteiger partial charge in [0.05, 0.1) is 19.8 Å². The second-order valence-electron chi connectivity index (χ2n) is 7.48. The topological polar surface area (TPSA) is 191 Å². The number of rotatable bonds is 18. The Morgan fingerprint density at radius 3 is 1.56 bits per heavy atom. The summed E-state index contributed by atoms with van der Waals surface area (Å²) >= 11 is 0. The maximum absolute atomic E-state index is 11.4. The Morgan fingerprint density at radius 1 is 0.806 bits per heavy atom. The summed E-state index contributed by atoms with van der Waals surface area (Å²) in [7, 11) is -4.64. The van der Waals surface area contributed by atoms with E-state index in [1.807, 2.05) is 0 Å². The summed E-state index contributed by atoms with van der Waals surface area (Å²) in [6.07, 6.45) is 26.3. The van der Waals surface area contributed by atoms with Crippen molar-refractivity contribution in [2.75, 3.05) is 26.4 Å². The van der Waals surface area contributed by atoms with Gasteiger partial charge in [-0.25, -0.2) is 4.57 Å². The van der Waals surface area contributed by atoms with E-state index in [9.17, 15) is 4.79 Å². The average molecular weight is 538 g/mol. The third kappa shape index (κ3) is 45.8. The van der Waals surface area contributed by atoms with E-state index >= 15 is 0 Å². The van der Waals surface area contributed by atoms with Crippen LogP contribution in [0.2, 0.25) is 0 Å². The maximum Gasteiger partial charge on any atom is 0.466 e. The summed E-state index contributed by atoms with van der Waals surface area (Å²) < 4.78 is 13.8. The van der Waals surface area contributed by atoms with Gasteiger partial charge in [-0.1, -0.05) is 68.4 Å². The minimum absolute atomic E-state index is 0.0972. The van der Waals surface area contributed by atoms with Crippen molar-refractivity contribution in [3.8, 4) is 0 Å². The molecule has 0 aliphatic rings. The van der Waals surface area contributed by atoms with Gasteiger partial charge in [0, 0.05) is 13.0 Å². The van der Waals surface area contributed by atoms with Crippen molar-refractivity contribution in [3.05, 3.63) is 48.6 Å². The molecule has 0 saturated carbocycles. The van der Waals surface area contributed by atoms with Gasteiger partial charge in [-0.3, -0.25) is 4.79 Å². The van der Waals surface area contributed by atoms with Gasteiger partial charge >= 0.3 is 13.8 Å². The number of ether oxygens (including phenoxy) is 1. The Kier molecular flexibility index (Phi) is 33.9. The molecule has 0 fully saturated rings. The minimum Gasteiger partial charge on any atom is -0.457 e. The molecule has 0 atom stereocenters. The lowest BCUT2D eigenvalue weighted by Gasteiger charge is -2.11. The van der Waals surface area contributed by atoms with Gasteiger partial charge in [-0.2, -0.15) is 0 Å². The Hall–Kier alpha value is -1.62. The second kappa shape index (κ2) is 31.4. The maximum atomic E-state index is 11.4. The number of aliphatic hydroxyl groups is 3. The second-order valence-corrected chi connectivity index (χ2v) is 8.51. The van der Waals surface area contributed by atoms with Crippen molar-refractivity contribution in [3.63, 3.8) is 0 Å². The van der Waals surface area contributed by atoms with Gasteiger partial charge in [0.15, 0.2) is 0 Å². The summed E-state index contributed by atoms with van der Waals surface area (Å²) in [4.78, 5) is 33.0. The molecule has 0 saturated heterocycles. The van der Waals surface area contributed by atoms with Gasteiger partial charge in [0.25, 0.3) is 0 Å². The molecule has 8 N–H and O–H groups in total. The third-order valence-corrected chi connectivity index (χ3v) is 4.04. The van der Waals surface area contributed by atoms with Gasteiger partial charge in [0.1, 0.15) is 6.10 Å². The fourth-order valence-electron chi connectivity index (χ4n) is 2.30. The van der Waals surface area contributed by atoms with E-state index in [0.29, 0.717) is 19.4 Å². The summed E-state index contributed by atoms with van der Waals surface area (Å²) in [6.45, 7) is 2.00. The first-order valence-electron chi connectivity index (χ1n) is 12.3. The molecule has 0 aliphatic carbocycles. The number of aliphatic hydroxyl groups excluding tert-OH is 3. The molecule has 0 bridgehead atoms. The molecule has 36 heavy (non-hydrogen) atoms. The molecule has 0 rings (SSSR count). The molecule has 0 aliphatic heterocycles. The first-order valence-corrected chi connectivity index (χ1v) is 13.8. The van der Waals surface area contributed by atoms with Crippen molar-refractivity contribution in [2.24, 2.45) is 5.73 Å². The number of phosphoric acid groups is 1. The van der Waals surface area contributed by atoms with Crippen LogP contribution in [0.5, 0.6) is 0 Å². The van der Waals surface area contributed by atoms with Crippen molar-refractivity contribution < 1.29 is 44.1 Å². The van der Waals surface area contributed by atoms with Crippen LogP contribution in [0.25, 0.3) is 0 Å². The summed E-state index contributed by atoms with van der Waals surface area (Å²) in [6, 6.07) is 0. The van der Waals surface area contributed by atoms with Gasteiger partial charge in [-0.05, 0) is 44.9 Å². The highest BCUT2D eigenvalue weighted by atomic mass is 31.2. The standard InChI is InChI=1S/C23H38O4.C2H7NO.H3O4P/c1-2-3-4-5-6-7-8-9-10-11-12-13-14-15-16-17-18-19-23(26)27-22(20-24)21-25;3-1-2-4;1-5(2,3)4/h6-7,9-10,12-13,15-16,22,24-25H,2-5,8,11,14,17-21H2,1H3;4H,1-3H2;(H3,1,2,3,4)/b7-6-,10-9-,13-12-,16-15-;;. The predicted octanol–water partition coefficient (Wildman–Crippen LogP) is 3.04. The van der Waals surface area contributed by atoms with Crippen LogP contribution in [0, 0.1) is 0 Å². The molecule has 0 aromatic rings. The molecule has 212 valence electrons. The van der Waals surface area contributed by atoms with Crippen LogP contribution in [0.1, 0.15) is 71.1 Å². The number of unbranched alkanes of at least 4 members (excludes halogenated alkanes) is 4. The quantitative estimate of drug-likeness (QED) is 0.0592. The number of esters is 1. The smallest absolute Gasteiger partial charge is 0.457 e. The van der Waals surface area contributed by atoms with Crippen molar-refractivity contribution in [2.45, 2.75) is 77.2 Å². The van der Waals surface area contributed by atoms with Crippen molar-refractivity contribution in [1.82, 2.24) is 0 Å². The largest absolute Gasteiger partial charge is 0.466 e. The highest BCUT2D eigenvalue weighted by molar-refractivity contribution is 7.45. The molecule has 0 aromatic heterocycles. The number of allylic oxidation sites excluding steroid dienone is 8. The first-order chi connectivity index (χ1) is 17.2. The van der Waals surface area contributed by atoms with Crippen LogP contribution in [0.3, 0.4) is 0 Å². The van der Waals surface area contributed by atoms with Crippen LogP contribution in [0.15, 0.2) is 48.6 Å². The number of carbonyl (C=O) groups excluding carboxylic acids is 1. The zero-order valence-corrected chi connectivity index (χ0v) is 22.4. The van der Waals surface area contributed by atoms with Gasteiger partial charge < -0.3 is 40.5 Å². The van der Waals surface area contributed by atoms with E-state index in [0.717, 1.165) is 25.7 Å². The molecule has 0 radical (unpaired) electrons. The summed E-state index contributed by atoms with van der Waals surface area (Å²) in [5.41, 5.74) is 4.78. The fraction of sp³-hybridized carbons (Fsp3) is 0.640. The zero-order valence-electron chi connectivity index (χ0n) is 21.5. The van der Waals surface area contributed by atoms with E-state index in [2.05, 4.69) is 55.5 Å². The molecule has 0 amide bonds. The van der Waals surface area contributed by atoms with Gasteiger partial charge in [0.2, 0.25) is 0 Å². The Labute approximate surface area is 216 Å². The Bertz CT molecular complexity index is 617. The Morgan fingerprint density at radius 2 is 1.19 bits per heavy atom. The number of carbonyl (C=O) groups is 1. The van der Waals surface area contributed by atoms with Crippen LogP contribution < -0.4 is 5.73 Å². The van der Waals surface area contributed by atoms with E-state index in [-0.39, 0.29) is 25.8 Å². The number of hydrogen-bond donors (Lipinski definition) is 7. The van der Waals surface area contributed by atoms with Crippen molar-refractivity contribution >= 4 is 13.8 Å². The monoisotopic (exact) mass is 537 g/mol. The van der Waals surface area contributed by atoms with Crippen LogP contribution >= 0.6 is 7.82 Å². The van der Waals surface area contributed by atoms with Crippen molar-refractivity contribution in [1.29, 1.82) is 0 Å². The molecular weight excluding hydrogens is 489 g/mol. The predicted molar refractivity (Wildman–Crippen MR) is 143 cm³/mol. The molecule has 10 nitrogen and oxygen atoms in total. The highest BCUT2D eigenvalue weighted by Crippen LogP contribution is 2.25. The number of hydrogen-bond acceptors (Lipinski definition) is 7. The van der Waals surface area contributed by atoms with E-state index in [1.165, 1.54) is 25.7 Å². The highest BCUT2D eigenvalue weighted by Gasteiger charge is 2.11. The fourth-order valence-corrected chi connectivity index (χ4v) is 2.30. The Balaban J connectivity index is -0.00000103. The molecular formula is C25H48NO9P. The van der Waals surface area contributed by atoms with Gasteiger partial charge in [-0.15, -0.1) is 0 Å². The molecule has 0 heterocycles. The third-order valence-electron chi connectivity index (χ3n) is 4.04. The molecule has 0 spiro atoms. The van der Waals surface area contributed by atoms with E-state index in [4.69, 9.17) is 45.0 Å². The van der Waals surface area contributed by atoms with E-state index in [1.54, 1.807) is 0 Å². The van der Waals surface area contributed by atoms with Crippen LogP contribution in [-0.2, 0) is 14.1 Å². The molecule has 0 unspecified atom stereocenters. The number of nitrogens with two attached hydrogens (primary N) is 1. The lowest BCUT2D eigenvalue weighted by molar-refractivity contribution is -0.153. The van der Waals surface area contributed by atoms with Crippen LogP contribution in [-0.4, -0.2) is 68.4 Å². The minimum atomic E-state index is -4.64. The normalized spacial score (nSPS) is 11.8. The lowest BCUT2D eigenvalue weighted by Crippen LogP contribution is -2.25. The first kappa shape index (κ1) is 38.9. The molecule has 11 heteroatoms. The summed E-state index contributed by atoms with van der Waals surface area (Å²) in [5.74, 6) is -0.376. The average Bonchev–Trinajstić information content (AvgIpc) is 2.83. The van der Waals surface area contributed by atoms with E-state index < -0.39 is 13.9 Å². The van der Waals surface area contributed by atoms with Crippen LogP contribution in [0.4, 0.5) is 0 Å². The zero-order chi connectivity index (χ0) is 27.9. The summed E-state index contributed by atoms with van der Waals surface area (Å²) in [5, 5.41) is 25.4. The lowest BCUT2D eigenvalue weighted by atomic mass is 10.2. The SMILES string of the molecule is CCCCC/C=C\C/C=C\C/C=C\C/C=C\CCCC(=O)OC(CO)CO.NCCO.O=P(O)(O)O. The molecule has 0 aromatic carbocycles.